The van der Waals surface area contributed by atoms with Gasteiger partial charge in [-0.05, 0) is 25.0 Å². The van der Waals surface area contributed by atoms with Gasteiger partial charge in [0.15, 0.2) is 5.16 Å². The lowest BCUT2D eigenvalue weighted by molar-refractivity contribution is 0.488. The maximum absolute atomic E-state index is 6.04. The van der Waals surface area contributed by atoms with Gasteiger partial charge < -0.3 is 4.90 Å². The zero-order valence-electron chi connectivity index (χ0n) is 10.5. The minimum absolute atomic E-state index is 0.536. The van der Waals surface area contributed by atoms with Gasteiger partial charge >= 0.3 is 0 Å². The number of rotatable bonds is 3. The Balaban J connectivity index is 2.29. The van der Waals surface area contributed by atoms with Crippen LogP contribution in [-0.2, 0) is 0 Å². The molecule has 0 spiro atoms. The fourth-order valence-corrected chi connectivity index (χ4v) is 3.00. The molecule has 1 unspecified atom stereocenters. The molecule has 1 aliphatic rings. The van der Waals surface area contributed by atoms with Gasteiger partial charge in [0.1, 0.15) is 11.0 Å². The maximum Gasteiger partial charge on any atom is 0.190 e. The van der Waals surface area contributed by atoms with E-state index < -0.39 is 0 Å². The largest absolute Gasteiger partial charge is 0.353 e. The van der Waals surface area contributed by atoms with Crippen molar-refractivity contribution in [1.82, 2.24) is 9.97 Å². The molecule has 1 saturated heterocycles. The van der Waals surface area contributed by atoms with Crippen LogP contribution < -0.4 is 4.90 Å². The summed E-state index contributed by atoms with van der Waals surface area (Å²) in [5, 5.41) is 1.29. The highest BCUT2D eigenvalue weighted by molar-refractivity contribution is 7.98. The van der Waals surface area contributed by atoms with Crippen LogP contribution in [-0.4, -0.2) is 28.8 Å². The van der Waals surface area contributed by atoms with E-state index in [1.165, 1.54) is 24.6 Å². The number of hydrogen-bond donors (Lipinski definition) is 0. The summed E-state index contributed by atoms with van der Waals surface area (Å²) in [6, 6.07) is 2.46. The molecular formula is C12H18ClN3S. The molecule has 0 radical (unpaired) electrons. The topological polar surface area (TPSA) is 29.0 Å². The second kappa shape index (κ2) is 5.44. The molecule has 0 bridgehead atoms. The van der Waals surface area contributed by atoms with Gasteiger partial charge in [-0.25, -0.2) is 9.97 Å². The van der Waals surface area contributed by atoms with Gasteiger partial charge in [0.25, 0.3) is 0 Å². The predicted molar refractivity (Wildman–Crippen MR) is 74.0 cm³/mol. The number of hydrogen-bond acceptors (Lipinski definition) is 4. The summed E-state index contributed by atoms with van der Waals surface area (Å²) < 4.78 is 0. The van der Waals surface area contributed by atoms with Crippen molar-refractivity contribution in [3.05, 3.63) is 11.2 Å². The Morgan fingerprint density at radius 2 is 2.24 bits per heavy atom. The van der Waals surface area contributed by atoms with E-state index in [1.807, 2.05) is 12.3 Å². The highest BCUT2D eigenvalue weighted by Gasteiger charge is 2.28. The number of nitrogens with zero attached hydrogens (tertiary/aromatic N) is 3. The SMILES string of the molecule is CSc1nc(Cl)cc(N2CCCC2C(C)C)n1. The van der Waals surface area contributed by atoms with Crippen LogP contribution >= 0.6 is 23.4 Å². The van der Waals surface area contributed by atoms with Crippen LogP contribution in [0, 0.1) is 5.92 Å². The molecule has 1 aromatic heterocycles. The van der Waals surface area contributed by atoms with E-state index in [0.29, 0.717) is 17.1 Å². The van der Waals surface area contributed by atoms with Crippen molar-refractivity contribution < 1.29 is 0 Å². The zero-order valence-corrected chi connectivity index (χ0v) is 12.1. The molecule has 1 atom stereocenters. The van der Waals surface area contributed by atoms with E-state index in [1.54, 1.807) is 0 Å². The Kier molecular flexibility index (Phi) is 4.15. The molecule has 17 heavy (non-hydrogen) atoms. The molecule has 1 aromatic rings. The molecule has 94 valence electrons. The molecule has 0 saturated carbocycles. The first-order chi connectivity index (χ1) is 8.11. The van der Waals surface area contributed by atoms with Gasteiger partial charge in [0.05, 0.1) is 0 Å². The average molecular weight is 272 g/mol. The van der Waals surface area contributed by atoms with Crippen LogP contribution in [0.4, 0.5) is 5.82 Å². The summed E-state index contributed by atoms with van der Waals surface area (Å²) in [7, 11) is 0. The highest BCUT2D eigenvalue weighted by Crippen LogP contribution is 2.30. The minimum Gasteiger partial charge on any atom is -0.353 e. The summed E-state index contributed by atoms with van der Waals surface area (Å²) in [6.45, 7) is 5.60. The molecule has 0 amide bonds. The normalized spacial score (nSPS) is 20.3. The number of halogens is 1. The molecule has 0 aromatic carbocycles. The van der Waals surface area contributed by atoms with Crippen LogP contribution in [0.25, 0.3) is 0 Å². The Bertz CT molecular complexity index is 397. The highest BCUT2D eigenvalue weighted by atomic mass is 35.5. The first kappa shape index (κ1) is 13.0. The Labute approximate surface area is 112 Å². The number of anilines is 1. The Morgan fingerprint density at radius 3 is 2.88 bits per heavy atom. The Morgan fingerprint density at radius 1 is 1.47 bits per heavy atom. The molecule has 2 rings (SSSR count). The predicted octanol–water partition coefficient (Wildman–Crippen LogP) is 3.48. The first-order valence-electron chi connectivity index (χ1n) is 5.97. The lowest BCUT2D eigenvalue weighted by Crippen LogP contribution is -2.34. The van der Waals surface area contributed by atoms with E-state index in [0.717, 1.165) is 17.5 Å². The van der Waals surface area contributed by atoms with Gasteiger partial charge in [-0.1, -0.05) is 37.2 Å². The van der Waals surface area contributed by atoms with Crippen molar-refractivity contribution >= 4 is 29.2 Å². The Hall–Kier alpha value is -0.480. The quantitative estimate of drug-likeness (QED) is 0.478. The summed E-state index contributed by atoms with van der Waals surface area (Å²) in [4.78, 5) is 11.1. The second-order valence-electron chi connectivity index (χ2n) is 4.68. The minimum atomic E-state index is 0.536. The zero-order chi connectivity index (χ0) is 12.4. The lowest BCUT2D eigenvalue weighted by Gasteiger charge is -2.28. The second-order valence-corrected chi connectivity index (χ2v) is 5.84. The van der Waals surface area contributed by atoms with Gasteiger partial charge in [-0.15, -0.1) is 0 Å². The third-order valence-electron chi connectivity index (χ3n) is 3.21. The molecule has 0 N–H and O–H groups in total. The summed E-state index contributed by atoms with van der Waals surface area (Å²) in [6.07, 6.45) is 4.45. The number of thioether (sulfide) groups is 1. The summed E-state index contributed by atoms with van der Waals surface area (Å²) in [5.41, 5.74) is 0. The van der Waals surface area contributed by atoms with E-state index >= 15 is 0 Å². The van der Waals surface area contributed by atoms with Gasteiger partial charge in [-0.2, -0.15) is 0 Å². The van der Waals surface area contributed by atoms with Crippen molar-refractivity contribution in [2.45, 2.75) is 37.9 Å². The van der Waals surface area contributed by atoms with Crippen LogP contribution in [0.3, 0.4) is 0 Å². The first-order valence-corrected chi connectivity index (χ1v) is 7.57. The van der Waals surface area contributed by atoms with E-state index in [9.17, 15) is 0 Å². The van der Waals surface area contributed by atoms with Crippen LogP contribution in [0.15, 0.2) is 11.2 Å². The van der Waals surface area contributed by atoms with Gasteiger partial charge in [-0.3, -0.25) is 0 Å². The van der Waals surface area contributed by atoms with Crippen molar-refractivity contribution in [1.29, 1.82) is 0 Å². The third kappa shape index (κ3) is 2.86. The average Bonchev–Trinajstić information content (AvgIpc) is 2.77. The van der Waals surface area contributed by atoms with Crippen LogP contribution in [0.2, 0.25) is 5.15 Å². The number of aromatic nitrogens is 2. The molecule has 2 heterocycles. The molecule has 3 nitrogen and oxygen atoms in total. The van der Waals surface area contributed by atoms with E-state index in [2.05, 4.69) is 28.7 Å². The molecule has 0 aliphatic carbocycles. The summed E-state index contributed by atoms with van der Waals surface area (Å²) in [5.74, 6) is 1.62. The maximum atomic E-state index is 6.04. The lowest BCUT2D eigenvalue weighted by atomic mass is 10.0. The smallest absolute Gasteiger partial charge is 0.190 e. The molecule has 1 fully saturated rings. The summed E-state index contributed by atoms with van der Waals surface area (Å²) >= 11 is 7.58. The van der Waals surface area contributed by atoms with Gasteiger partial charge in [0, 0.05) is 18.7 Å². The molecule has 1 aliphatic heterocycles. The fourth-order valence-electron chi connectivity index (χ4n) is 2.39. The van der Waals surface area contributed by atoms with E-state index in [-0.39, 0.29) is 0 Å². The van der Waals surface area contributed by atoms with Crippen LogP contribution in [0.1, 0.15) is 26.7 Å². The van der Waals surface area contributed by atoms with Crippen molar-refractivity contribution in [2.24, 2.45) is 5.92 Å². The van der Waals surface area contributed by atoms with Crippen molar-refractivity contribution in [2.75, 3.05) is 17.7 Å². The molecule has 5 heteroatoms. The van der Waals surface area contributed by atoms with Crippen LogP contribution in [0.5, 0.6) is 0 Å². The van der Waals surface area contributed by atoms with Crippen molar-refractivity contribution in [3.63, 3.8) is 0 Å². The van der Waals surface area contributed by atoms with Gasteiger partial charge in [0.2, 0.25) is 0 Å². The standard InChI is InChI=1S/C12H18ClN3S/c1-8(2)9-5-4-6-16(9)11-7-10(13)14-12(15-11)17-3/h7-9H,4-6H2,1-3H3. The molecular weight excluding hydrogens is 254 g/mol. The monoisotopic (exact) mass is 271 g/mol. The van der Waals surface area contributed by atoms with E-state index in [4.69, 9.17) is 11.6 Å². The fraction of sp³-hybridized carbons (Fsp3) is 0.667. The third-order valence-corrected chi connectivity index (χ3v) is 3.95. The van der Waals surface area contributed by atoms with Crippen molar-refractivity contribution in [3.8, 4) is 0 Å².